The third-order valence-electron chi connectivity index (χ3n) is 3.07. The Balaban J connectivity index is 2.08. The van der Waals surface area contributed by atoms with E-state index < -0.39 is 0 Å². The Morgan fingerprint density at radius 1 is 1.53 bits per heavy atom. The van der Waals surface area contributed by atoms with E-state index >= 15 is 0 Å². The molecule has 1 heterocycles. The van der Waals surface area contributed by atoms with E-state index in [4.69, 9.17) is 4.74 Å². The number of rotatable bonds is 6. The van der Waals surface area contributed by atoms with Gasteiger partial charge < -0.3 is 15.0 Å². The lowest BCUT2D eigenvalue weighted by atomic mass is 9.97. The SMILES string of the molecule is CC(C)OCCCNC(=O)[C@H]1CCCN(C)C1. The summed E-state index contributed by atoms with van der Waals surface area (Å²) in [5.41, 5.74) is 0. The summed E-state index contributed by atoms with van der Waals surface area (Å²) in [5.74, 6) is 0.390. The maximum absolute atomic E-state index is 11.9. The molecular formula is C13H26N2O2. The highest BCUT2D eigenvalue weighted by Gasteiger charge is 2.23. The average Bonchev–Trinajstić information content (AvgIpc) is 2.28. The van der Waals surface area contributed by atoms with Crippen LogP contribution in [0.25, 0.3) is 0 Å². The summed E-state index contributed by atoms with van der Waals surface area (Å²) in [5, 5.41) is 3.00. The first kappa shape index (κ1) is 14.5. The first-order chi connectivity index (χ1) is 8.09. The van der Waals surface area contributed by atoms with Crippen molar-refractivity contribution in [1.29, 1.82) is 0 Å². The lowest BCUT2D eigenvalue weighted by Gasteiger charge is -2.28. The van der Waals surface area contributed by atoms with Crippen molar-refractivity contribution in [3.63, 3.8) is 0 Å². The summed E-state index contributed by atoms with van der Waals surface area (Å²) >= 11 is 0. The molecule has 1 amide bonds. The summed E-state index contributed by atoms with van der Waals surface area (Å²) in [6, 6.07) is 0. The summed E-state index contributed by atoms with van der Waals surface area (Å²) in [6.07, 6.45) is 3.33. The molecule has 0 aliphatic carbocycles. The van der Waals surface area contributed by atoms with Crippen molar-refractivity contribution in [2.45, 2.75) is 39.2 Å². The van der Waals surface area contributed by atoms with Gasteiger partial charge in [-0.1, -0.05) is 0 Å². The smallest absolute Gasteiger partial charge is 0.224 e. The van der Waals surface area contributed by atoms with Gasteiger partial charge in [-0.05, 0) is 46.7 Å². The molecule has 0 bridgehead atoms. The number of nitrogens with one attached hydrogen (secondary N) is 1. The van der Waals surface area contributed by atoms with Crippen LogP contribution in [0.2, 0.25) is 0 Å². The van der Waals surface area contributed by atoms with Gasteiger partial charge in [-0.2, -0.15) is 0 Å². The topological polar surface area (TPSA) is 41.6 Å². The first-order valence-corrected chi connectivity index (χ1v) is 6.67. The van der Waals surface area contributed by atoms with Crippen molar-refractivity contribution in [2.24, 2.45) is 5.92 Å². The zero-order valence-electron chi connectivity index (χ0n) is 11.4. The van der Waals surface area contributed by atoms with E-state index in [1.54, 1.807) is 0 Å². The zero-order valence-corrected chi connectivity index (χ0v) is 11.4. The van der Waals surface area contributed by atoms with Crippen molar-refractivity contribution in [1.82, 2.24) is 10.2 Å². The molecule has 17 heavy (non-hydrogen) atoms. The number of ether oxygens (including phenoxy) is 1. The normalized spacial score (nSPS) is 21.8. The number of hydrogen-bond donors (Lipinski definition) is 1. The lowest BCUT2D eigenvalue weighted by molar-refractivity contribution is -0.126. The molecule has 1 N–H and O–H groups in total. The highest BCUT2D eigenvalue weighted by atomic mass is 16.5. The fourth-order valence-corrected chi connectivity index (χ4v) is 2.13. The van der Waals surface area contributed by atoms with Gasteiger partial charge in [-0.3, -0.25) is 4.79 Å². The molecule has 0 saturated carbocycles. The fourth-order valence-electron chi connectivity index (χ4n) is 2.13. The maximum Gasteiger partial charge on any atom is 0.224 e. The van der Waals surface area contributed by atoms with Crippen LogP contribution in [0.1, 0.15) is 33.1 Å². The van der Waals surface area contributed by atoms with Crippen molar-refractivity contribution in [3.05, 3.63) is 0 Å². The number of piperidine rings is 1. The van der Waals surface area contributed by atoms with Crippen molar-refractivity contribution in [3.8, 4) is 0 Å². The Morgan fingerprint density at radius 2 is 2.29 bits per heavy atom. The van der Waals surface area contributed by atoms with E-state index in [1.807, 2.05) is 13.8 Å². The molecule has 0 aromatic carbocycles. The molecule has 100 valence electrons. The van der Waals surface area contributed by atoms with Gasteiger partial charge in [0, 0.05) is 19.7 Å². The minimum Gasteiger partial charge on any atom is -0.379 e. The highest BCUT2D eigenvalue weighted by molar-refractivity contribution is 5.78. The number of nitrogens with zero attached hydrogens (tertiary/aromatic N) is 1. The van der Waals surface area contributed by atoms with Crippen LogP contribution in [-0.2, 0) is 9.53 Å². The van der Waals surface area contributed by atoms with Crippen molar-refractivity contribution >= 4 is 5.91 Å². The van der Waals surface area contributed by atoms with Gasteiger partial charge >= 0.3 is 0 Å². The van der Waals surface area contributed by atoms with Crippen LogP contribution in [0.3, 0.4) is 0 Å². The first-order valence-electron chi connectivity index (χ1n) is 6.67. The summed E-state index contributed by atoms with van der Waals surface area (Å²) in [6.45, 7) is 7.52. The molecule has 1 fully saturated rings. The maximum atomic E-state index is 11.9. The molecule has 0 unspecified atom stereocenters. The zero-order chi connectivity index (χ0) is 12.7. The highest BCUT2D eigenvalue weighted by Crippen LogP contribution is 2.14. The predicted octanol–water partition coefficient (Wildman–Crippen LogP) is 1.26. The van der Waals surface area contributed by atoms with Crippen LogP contribution in [0, 0.1) is 5.92 Å². The van der Waals surface area contributed by atoms with Gasteiger partial charge in [0.1, 0.15) is 0 Å². The molecular weight excluding hydrogens is 216 g/mol. The molecule has 1 saturated heterocycles. The second kappa shape index (κ2) is 7.67. The number of hydrogen-bond acceptors (Lipinski definition) is 3. The summed E-state index contributed by atoms with van der Waals surface area (Å²) < 4.78 is 5.43. The van der Waals surface area contributed by atoms with Crippen LogP contribution >= 0.6 is 0 Å². The molecule has 0 radical (unpaired) electrons. The Bertz CT molecular complexity index is 231. The summed E-state index contributed by atoms with van der Waals surface area (Å²) in [7, 11) is 2.08. The minimum absolute atomic E-state index is 0.180. The third-order valence-corrected chi connectivity index (χ3v) is 3.07. The number of carbonyl (C=O) groups excluding carboxylic acids is 1. The van der Waals surface area contributed by atoms with E-state index in [2.05, 4.69) is 17.3 Å². The molecule has 4 nitrogen and oxygen atoms in total. The summed E-state index contributed by atoms with van der Waals surface area (Å²) in [4.78, 5) is 14.1. The van der Waals surface area contributed by atoms with Gasteiger partial charge in [0.15, 0.2) is 0 Å². The molecule has 0 spiro atoms. The molecule has 1 aliphatic rings. The predicted molar refractivity (Wildman–Crippen MR) is 68.9 cm³/mol. The van der Waals surface area contributed by atoms with Crippen LogP contribution < -0.4 is 5.32 Å². The van der Waals surface area contributed by atoms with Gasteiger partial charge in [0.2, 0.25) is 5.91 Å². The minimum atomic E-state index is 0.180. The van der Waals surface area contributed by atoms with Gasteiger partial charge in [0.25, 0.3) is 0 Å². The number of likely N-dealkylation sites (tertiary alicyclic amines) is 1. The van der Waals surface area contributed by atoms with E-state index in [9.17, 15) is 4.79 Å². The van der Waals surface area contributed by atoms with Crippen molar-refractivity contribution < 1.29 is 9.53 Å². The van der Waals surface area contributed by atoms with Crippen LogP contribution in [-0.4, -0.2) is 50.2 Å². The quantitative estimate of drug-likeness (QED) is 0.713. The Labute approximate surface area is 105 Å². The van der Waals surface area contributed by atoms with Gasteiger partial charge in [-0.15, -0.1) is 0 Å². The Hall–Kier alpha value is -0.610. The standard InChI is InChI=1S/C13H26N2O2/c1-11(2)17-9-5-7-14-13(16)12-6-4-8-15(3)10-12/h11-12H,4-10H2,1-3H3,(H,14,16)/t12-/m0/s1. The Morgan fingerprint density at radius 3 is 2.94 bits per heavy atom. The van der Waals surface area contributed by atoms with Crippen molar-refractivity contribution in [2.75, 3.05) is 33.3 Å². The van der Waals surface area contributed by atoms with Crippen LogP contribution in [0.15, 0.2) is 0 Å². The van der Waals surface area contributed by atoms with Crippen LogP contribution in [0.4, 0.5) is 0 Å². The lowest BCUT2D eigenvalue weighted by Crippen LogP contribution is -2.41. The second-order valence-electron chi connectivity index (χ2n) is 5.17. The molecule has 4 heteroatoms. The molecule has 0 aromatic heterocycles. The largest absolute Gasteiger partial charge is 0.379 e. The Kier molecular flexibility index (Phi) is 6.52. The monoisotopic (exact) mass is 242 g/mol. The number of amides is 1. The van der Waals surface area contributed by atoms with E-state index in [0.717, 1.165) is 45.5 Å². The van der Waals surface area contributed by atoms with E-state index in [1.165, 1.54) is 0 Å². The van der Waals surface area contributed by atoms with Gasteiger partial charge in [-0.25, -0.2) is 0 Å². The fraction of sp³-hybridized carbons (Fsp3) is 0.923. The van der Waals surface area contributed by atoms with Gasteiger partial charge in [0.05, 0.1) is 12.0 Å². The molecule has 0 aromatic rings. The van der Waals surface area contributed by atoms with E-state index in [0.29, 0.717) is 0 Å². The van der Waals surface area contributed by atoms with E-state index in [-0.39, 0.29) is 17.9 Å². The average molecular weight is 242 g/mol. The molecule has 1 rings (SSSR count). The second-order valence-corrected chi connectivity index (χ2v) is 5.17. The molecule has 1 aliphatic heterocycles. The number of carbonyl (C=O) groups is 1. The van der Waals surface area contributed by atoms with Crippen LogP contribution in [0.5, 0.6) is 0 Å². The molecule has 1 atom stereocenters. The third kappa shape index (κ3) is 6.03.